The standard InChI is InChI=1S/C46H79N7O9/c1-17-31(4)39(52(13)42(56)38(30(2)3)48-44(49(9)10)50(11)26-27-51(12)45(58)62-46(6,7)8)36(59-14)29-37(54)53-25-21-24-35(53)40(60-15)32(5)41(55)47-34(43(57)61-16)28-33-22-19-18-20-23-33/h18-20,22-23,30-32,34-36,38-40H,17,21,24-29H2,1-16H3,(H,47,55)/b48-44+/t31-,32+,34-,35-,36+,38-,39-,40+/m0/s1. The van der Waals surface area contributed by atoms with Gasteiger partial charge in [0.05, 0.1) is 43.7 Å². The number of nitrogens with one attached hydrogen (secondary N) is 1. The first-order valence-corrected chi connectivity index (χ1v) is 22.0. The number of carbonyl (C=O) groups is 5. The fourth-order valence-corrected chi connectivity index (χ4v) is 8.00. The SMILES string of the molecule is CC[C@H](C)[C@@H]([C@@H](CC(=O)N1CCC[C@H]1[C@H](OC)[C@@H](C)C(=O)N[C@@H](Cc1ccccc1)C(=O)OC)OC)N(C)C(=O)[C@@H](/N=C(\N(C)C)N(C)CCN(C)C(=O)OC(C)(C)C)C(C)C. The molecule has 0 aromatic heterocycles. The number of hydrogen-bond donors (Lipinski definition) is 1. The summed E-state index contributed by atoms with van der Waals surface area (Å²) in [5.74, 6) is -1.64. The number of amides is 4. The van der Waals surface area contributed by atoms with Crippen molar-refractivity contribution in [1.29, 1.82) is 0 Å². The predicted molar refractivity (Wildman–Crippen MR) is 241 cm³/mol. The smallest absolute Gasteiger partial charge is 0.410 e. The molecule has 1 aromatic rings. The summed E-state index contributed by atoms with van der Waals surface area (Å²) in [6.45, 7) is 16.5. The van der Waals surface area contributed by atoms with Gasteiger partial charge in [0.15, 0.2) is 5.96 Å². The maximum absolute atomic E-state index is 14.6. The van der Waals surface area contributed by atoms with Crippen molar-refractivity contribution < 1.29 is 42.9 Å². The molecule has 0 radical (unpaired) electrons. The second-order valence-corrected chi connectivity index (χ2v) is 18.2. The normalized spacial score (nSPS) is 17.9. The lowest BCUT2D eigenvalue weighted by Crippen LogP contribution is -2.55. The van der Waals surface area contributed by atoms with Gasteiger partial charge in [0.1, 0.15) is 17.7 Å². The average molecular weight is 874 g/mol. The molecule has 16 nitrogen and oxygen atoms in total. The van der Waals surface area contributed by atoms with Gasteiger partial charge in [-0.15, -0.1) is 0 Å². The third-order valence-electron chi connectivity index (χ3n) is 11.7. The number of guanidine groups is 1. The van der Waals surface area contributed by atoms with Crippen molar-refractivity contribution in [2.24, 2.45) is 22.7 Å². The molecule has 352 valence electrons. The monoisotopic (exact) mass is 874 g/mol. The number of nitrogens with zero attached hydrogens (tertiary/aromatic N) is 6. The molecule has 0 spiro atoms. The first-order chi connectivity index (χ1) is 29.0. The van der Waals surface area contributed by atoms with Gasteiger partial charge in [-0.3, -0.25) is 14.4 Å². The number of ether oxygens (including phenoxy) is 4. The summed E-state index contributed by atoms with van der Waals surface area (Å²) in [5, 5.41) is 2.87. The van der Waals surface area contributed by atoms with Crippen molar-refractivity contribution in [3.8, 4) is 0 Å². The summed E-state index contributed by atoms with van der Waals surface area (Å²) in [6, 6.07) is 6.86. The van der Waals surface area contributed by atoms with Crippen molar-refractivity contribution >= 4 is 35.7 Å². The van der Waals surface area contributed by atoms with Gasteiger partial charge in [-0.1, -0.05) is 71.4 Å². The second kappa shape index (κ2) is 25.0. The molecule has 0 bridgehead atoms. The summed E-state index contributed by atoms with van der Waals surface area (Å²) in [5.41, 5.74) is 0.259. The van der Waals surface area contributed by atoms with Crippen molar-refractivity contribution in [2.45, 2.75) is 129 Å². The Labute approximate surface area is 372 Å². The van der Waals surface area contributed by atoms with Crippen LogP contribution in [0.2, 0.25) is 0 Å². The lowest BCUT2D eigenvalue weighted by Gasteiger charge is -2.40. The zero-order chi connectivity index (χ0) is 47.1. The molecule has 16 heteroatoms. The summed E-state index contributed by atoms with van der Waals surface area (Å²) in [6.07, 6.45) is 0.622. The quantitative estimate of drug-likeness (QED) is 0.105. The molecule has 1 saturated heterocycles. The number of hydrogen-bond acceptors (Lipinski definition) is 10. The van der Waals surface area contributed by atoms with Crippen LogP contribution in [0, 0.1) is 17.8 Å². The first kappa shape index (κ1) is 53.7. The molecule has 62 heavy (non-hydrogen) atoms. The Balaban J connectivity index is 2.32. The number of esters is 1. The summed E-state index contributed by atoms with van der Waals surface area (Å²) >= 11 is 0. The Bertz CT molecular complexity index is 1620. The minimum Gasteiger partial charge on any atom is -0.467 e. The highest BCUT2D eigenvalue weighted by molar-refractivity contribution is 5.88. The number of benzene rings is 1. The molecular formula is C46H79N7O9. The van der Waals surface area contributed by atoms with Crippen LogP contribution in [0.4, 0.5) is 4.79 Å². The Morgan fingerprint density at radius 2 is 1.52 bits per heavy atom. The molecule has 8 atom stereocenters. The minimum absolute atomic E-state index is 0.00456. The molecule has 1 aromatic carbocycles. The molecule has 1 N–H and O–H groups in total. The number of aliphatic imine (C=N–C) groups is 1. The Hall–Kier alpha value is -4.44. The number of likely N-dealkylation sites (tertiary alicyclic amines) is 1. The average Bonchev–Trinajstić information content (AvgIpc) is 3.71. The molecule has 0 aliphatic carbocycles. The van der Waals surface area contributed by atoms with E-state index in [2.05, 4.69) is 12.2 Å². The maximum Gasteiger partial charge on any atom is 0.410 e. The topological polar surface area (TPSA) is 163 Å². The van der Waals surface area contributed by atoms with E-state index >= 15 is 0 Å². The lowest BCUT2D eigenvalue weighted by atomic mass is 9.89. The third kappa shape index (κ3) is 15.4. The molecule has 1 aliphatic rings. The summed E-state index contributed by atoms with van der Waals surface area (Å²) in [4.78, 5) is 81.9. The largest absolute Gasteiger partial charge is 0.467 e. The van der Waals surface area contributed by atoms with E-state index in [-0.39, 0.29) is 42.4 Å². The Morgan fingerprint density at radius 3 is 2.03 bits per heavy atom. The molecule has 4 amide bonds. The van der Waals surface area contributed by atoms with Crippen molar-refractivity contribution in [3.05, 3.63) is 35.9 Å². The van der Waals surface area contributed by atoms with Gasteiger partial charge < -0.3 is 48.8 Å². The zero-order valence-corrected chi connectivity index (χ0v) is 40.6. The highest BCUT2D eigenvalue weighted by Crippen LogP contribution is 2.30. The lowest BCUT2D eigenvalue weighted by molar-refractivity contribution is -0.148. The van der Waals surface area contributed by atoms with E-state index in [4.69, 9.17) is 23.9 Å². The second-order valence-electron chi connectivity index (χ2n) is 18.2. The summed E-state index contributed by atoms with van der Waals surface area (Å²) in [7, 11) is 13.4. The van der Waals surface area contributed by atoms with Gasteiger partial charge in [0.25, 0.3) is 0 Å². The van der Waals surface area contributed by atoms with Crippen LogP contribution in [0.15, 0.2) is 35.3 Å². The zero-order valence-electron chi connectivity index (χ0n) is 40.6. The van der Waals surface area contributed by atoms with Gasteiger partial charge >= 0.3 is 12.1 Å². The van der Waals surface area contributed by atoms with Crippen LogP contribution >= 0.6 is 0 Å². The van der Waals surface area contributed by atoms with Crippen LogP contribution in [-0.2, 0) is 44.5 Å². The van der Waals surface area contributed by atoms with Crippen molar-refractivity contribution in [1.82, 2.24) is 29.8 Å². The highest BCUT2D eigenvalue weighted by atomic mass is 16.6. The first-order valence-electron chi connectivity index (χ1n) is 22.0. The van der Waals surface area contributed by atoms with E-state index in [1.54, 1.807) is 37.9 Å². The number of likely N-dealkylation sites (N-methyl/N-ethyl adjacent to an activating group) is 3. The van der Waals surface area contributed by atoms with E-state index in [1.165, 1.54) is 19.1 Å². The van der Waals surface area contributed by atoms with E-state index < -0.39 is 60.0 Å². The fraction of sp³-hybridized carbons (Fsp3) is 0.739. The highest BCUT2D eigenvalue weighted by Gasteiger charge is 2.43. The van der Waals surface area contributed by atoms with Crippen LogP contribution in [0.1, 0.15) is 86.6 Å². The Kier molecular flexibility index (Phi) is 21.7. The van der Waals surface area contributed by atoms with E-state index in [9.17, 15) is 24.0 Å². The van der Waals surface area contributed by atoms with E-state index in [0.29, 0.717) is 32.0 Å². The van der Waals surface area contributed by atoms with Crippen molar-refractivity contribution in [3.63, 3.8) is 0 Å². The summed E-state index contributed by atoms with van der Waals surface area (Å²) < 4.78 is 22.6. The number of methoxy groups -OCH3 is 3. The van der Waals surface area contributed by atoms with Crippen LogP contribution in [-0.4, -0.2) is 178 Å². The minimum atomic E-state index is -0.898. The van der Waals surface area contributed by atoms with Crippen LogP contribution < -0.4 is 5.32 Å². The third-order valence-corrected chi connectivity index (χ3v) is 11.7. The van der Waals surface area contributed by atoms with Gasteiger partial charge in [0, 0.05) is 75.5 Å². The molecule has 0 saturated carbocycles. The van der Waals surface area contributed by atoms with Crippen LogP contribution in [0.25, 0.3) is 0 Å². The van der Waals surface area contributed by atoms with Crippen molar-refractivity contribution in [2.75, 3.05) is 76.2 Å². The number of carbonyl (C=O) groups excluding carboxylic acids is 5. The van der Waals surface area contributed by atoms with Gasteiger partial charge in [-0.05, 0) is 51.0 Å². The molecule has 2 rings (SSSR count). The molecule has 1 fully saturated rings. The Morgan fingerprint density at radius 1 is 0.903 bits per heavy atom. The van der Waals surface area contributed by atoms with Crippen LogP contribution in [0.3, 0.4) is 0 Å². The fourth-order valence-electron chi connectivity index (χ4n) is 8.00. The molecule has 1 aliphatic heterocycles. The maximum atomic E-state index is 14.6. The number of rotatable bonds is 21. The van der Waals surface area contributed by atoms with E-state index in [0.717, 1.165) is 18.4 Å². The van der Waals surface area contributed by atoms with Gasteiger partial charge in [0.2, 0.25) is 17.7 Å². The predicted octanol–water partition coefficient (Wildman–Crippen LogP) is 4.55. The molecule has 1 heterocycles. The molecular weight excluding hydrogens is 795 g/mol. The van der Waals surface area contributed by atoms with Gasteiger partial charge in [-0.2, -0.15) is 0 Å². The van der Waals surface area contributed by atoms with Gasteiger partial charge in [-0.25, -0.2) is 14.6 Å². The van der Waals surface area contributed by atoms with E-state index in [1.807, 2.05) is 103 Å². The molecule has 0 unspecified atom stereocenters. The van der Waals surface area contributed by atoms with Crippen LogP contribution in [0.5, 0.6) is 0 Å².